The highest BCUT2D eigenvalue weighted by atomic mass is 79.9. The first-order valence-electron chi connectivity index (χ1n) is 6.59. The largest absolute Gasteiger partial charge is 0.452 e. The lowest BCUT2D eigenvalue weighted by atomic mass is 10.3. The van der Waals surface area contributed by atoms with E-state index in [9.17, 15) is 18.0 Å². The summed E-state index contributed by atoms with van der Waals surface area (Å²) < 4.78 is 31.6. The van der Waals surface area contributed by atoms with Gasteiger partial charge in [-0.05, 0) is 25.1 Å². The summed E-state index contributed by atoms with van der Waals surface area (Å²) in [6, 6.07) is 6.03. The van der Waals surface area contributed by atoms with Crippen molar-refractivity contribution in [3.8, 4) is 0 Å². The topological polar surface area (TPSA) is 102 Å². The molecule has 0 fully saturated rings. The lowest BCUT2D eigenvalue weighted by Gasteiger charge is -2.13. The van der Waals surface area contributed by atoms with Crippen LogP contribution in [0.1, 0.15) is 6.92 Å². The Hall–Kier alpha value is -1.71. The monoisotopic (exact) mass is 404 g/mol. The molecule has 0 aliphatic heterocycles. The Morgan fingerprint density at radius 1 is 1.43 bits per heavy atom. The van der Waals surface area contributed by atoms with Gasteiger partial charge in [0.15, 0.2) is 6.10 Å². The average molecular weight is 405 g/mol. The van der Waals surface area contributed by atoms with Gasteiger partial charge in [0.25, 0.3) is 5.91 Å². The van der Waals surface area contributed by atoms with Gasteiger partial charge < -0.3 is 10.1 Å². The van der Waals surface area contributed by atoms with Crippen LogP contribution in [0.5, 0.6) is 0 Å². The van der Waals surface area contributed by atoms with Crippen LogP contribution in [-0.4, -0.2) is 39.5 Å². The highest BCUT2D eigenvalue weighted by Gasteiger charge is 2.20. The third-order valence-corrected chi connectivity index (χ3v) is 4.50. The summed E-state index contributed by atoms with van der Waals surface area (Å²) >= 11 is 3.17. The SMILES string of the molecule is C=CCNC(=O)[C@@H](C)OC(=O)CNS(=O)(=O)c1cccc(Br)c1. The Kier molecular flexibility index (Phi) is 7.40. The molecule has 0 bridgehead atoms. The molecule has 0 saturated heterocycles. The molecule has 9 heteroatoms. The summed E-state index contributed by atoms with van der Waals surface area (Å²) in [6.45, 7) is 4.50. The van der Waals surface area contributed by atoms with Crippen molar-refractivity contribution in [2.45, 2.75) is 17.9 Å². The number of carbonyl (C=O) groups is 2. The van der Waals surface area contributed by atoms with E-state index in [0.29, 0.717) is 4.47 Å². The minimum absolute atomic E-state index is 0.0106. The molecule has 2 N–H and O–H groups in total. The highest BCUT2D eigenvalue weighted by Crippen LogP contribution is 2.15. The molecule has 1 aromatic rings. The minimum Gasteiger partial charge on any atom is -0.452 e. The molecule has 1 rings (SSSR count). The number of rotatable bonds is 8. The number of esters is 1. The molecule has 0 unspecified atom stereocenters. The second kappa shape index (κ2) is 8.80. The van der Waals surface area contributed by atoms with Crippen LogP contribution in [0.25, 0.3) is 0 Å². The summed E-state index contributed by atoms with van der Waals surface area (Å²) in [7, 11) is -3.84. The fourth-order valence-corrected chi connectivity index (χ4v) is 3.05. The van der Waals surface area contributed by atoms with Crippen molar-refractivity contribution in [3.05, 3.63) is 41.4 Å². The first-order chi connectivity index (χ1) is 10.8. The van der Waals surface area contributed by atoms with E-state index >= 15 is 0 Å². The van der Waals surface area contributed by atoms with Crippen LogP contribution in [0.4, 0.5) is 0 Å². The number of hydrogen-bond donors (Lipinski definition) is 2. The predicted molar refractivity (Wildman–Crippen MR) is 88.1 cm³/mol. The molecule has 7 nitrogen and oxygen atoms in total. The standard InChI is InChI=1S/C14H17BrN2O5S/c1-3-7-16-14(19)10(2)22-13(18)9-17-23(20,21)12-6-4-5-11(15)8-12/h3-6,8,10,17H,1,7,9H2,2H3,(H,16,19)/t10-/m1/s1. The van der Waals surface area contributed by atoms with Gasteiger partial charge in [-0.2, -0.15) is 4.72 Å². The zero-order chi connectivity index (χ0) is 17.5. The van der Waals surface area contributed by atoms with Gasteiger partial charge in [-0.25, -0.2) is 8.42 Å². The van der Waals surface area contributed by atoms with E-state index in [2.05, 4.69) is 32.5 Å². The molecule has 0 aromatic heterocycles. The van der Waals surface area contributed by atoms with E-state index in [1.165, 1.54) is 25.1 Å². The zero-order valence-electron chi connectivity index (χ0n) is 12.4. The van der Waals surface area contributed by atoms with Crippen LogP contribution in [0.2, 0.25) is 0 Å². The molecule has 0 heterocycles. The van der Waals surface area contributed by atoms with Crippen molar-refractivity contribution in [3.63, 3.8) is 0 Å². The predicted octanol–water partition coefficient (Wildman–Crippen LogP) is 0.961. The summed E-state index contributed by atoms with van der Waals surface area (Å²) in [5.74, 6) is -1.35. The van der Waals surface area contributed by atoms with Crippen LogP contribution in [0, 0.1) is 0 Å². The number of nitrogens with one attached hydrogen (secondary N) is 2. The molecule has 1 amide bonds. The summed E-state index contributed by atoms with van der Waals surface area (Å²) in [6.07, 6.45) is 0.455. The molecule has 0 radical (unpaired) electrons. The number of halogens is 1. The van der Waals surface area contributed by atoms with Crippen LogP contribution in [-0.2, 0) is 24.3 Å². The normalized spacial score (nSPS) is 12.3. The Morgan fingerprint density at radius 2 is 2.13 bits per heavy atom. The van der Waals surface area contributed by atoms with Crippen LogP contribution >= 0.6 is 15.9 Å². The maximum Gasteiger partial charge on any atom is 0.321 e. The maximum atomic E-state index is 12.0. The average Bonchev–Trinajstić information content (AvgIpc) is 2.50. The van der Waals surface area contributed by atoms with E-state index in [4.69, 9.17) is 4.74 Å². The second-order valence-electron chi connectivity index (χ2n) is 4.45. The quantitative estimate of drug-likeness (QED) is 0.496. The number of carbonyl (C=O) groups excluding carboxylic acids is 2. The van der Waals surface area contributed by atoms with Crippen molar-refractivity contribution in [1.29, 1.82) is 0 Å². The molecule has 126 valence electrons. The fourth-order valence-electron chi connectivity index (χ4n) is 1.48. The summed E-state index contributed by atoms with van der Waals surface area (Å²) in [5, 5.41) is 2.46. The van der Waals surface area contributed by atoms with Crippen molar-refractivity contribution in [1.82, 2.24) is 10.0 Å². The smallest absolute Gasteiger partial charge is 0.321 e. The van der Waals surface area contributed by atoms with E-state index in [0.717, 1.165) is 0 Å². The van der Waals surface area contributed by atoms with Crippen LogP contribution in [0.3, 0.4) is 0 Å². The first kappa shape index (κ1) is 19.3. The zero-order valence-corrected chi connectivity index (χ0v) is 14.8. The molecular weight excluding hydrogens is 388 g/mol. The lowest BCUT2D eigenvalue weighted by molar-refractivity contribution is -0.153. The molecule has 0 aliphatic rings. The molecule has 0 spiro atoms. The first-order valence-corrected chi connectivity index (χ1v) is 8.87. The van der Waals surface area contributed by atoms with Gasteiger partial charge in [-0.15, -0.1) is 6.58 Å². The maximum absolute atomic E-state index is 12.0. The molecule has 23 heavy (non-hydrogen) atoms. The number of hydrogen-bond acceptors (Lipinski definition) is 5. The van der Waals surface area contributed by atoms with Gasteiger partial charge in [-0.1, -0.05) is 28.1 Å². The fraction of sp³-hybridized carbons (Fsp3) is 0.286. The molecule has 0 aliphatic carbocycles. The molecular formula is C14H17BrN2O5S. The number of amides is 1. The number of ether oxygens (including phenoxy) is 1. The third kappa shape index (κ3) is 6.51. The van der Waals surface area contributed by atoms with Gasteiger partial charge in [0.05, 0.1) is 4.90 Å². The Morgan fingerprint density at radius 3 is 2.74 bits per heavy atom. The highest BCUT2D eigenvalue weighted by molar-refractivity contribution is 9.10. The van der Waals surface area contributed by atoms with E-state index in [-0.39, 0.29) is 11.4 Å². The number of benzene rings is 1. The Labute approximate surface area is 143 Å². The summed E-state index contributed by atoms with van der Waals surface area (Å²) in [4.78, 5) is 23.1. The Bertz CT molecular complexity index is 690. The van der Waals surface area contributed by atoms with E-state index in [1.807, 2.05) is 0 Å². The van der Waals surface area contributed by atoms with Crippen molar-refractivity contribution < 1.29 is 22.7 Å². The van der Waals surface area contributed by atoms with Crippen LogP contribution in [0.15, 0.2) is 46.3 Å². The van der Waals surface area contributed by atoms with Gasteiger partial charge in [-0.3, -0.25) is 9.59 Å². The number of sulfonamides is 1. The van der Waals surface area contributed by atoms with E-state index < -0.39 is 34.5 Å². The summed E-state index contributed by atoms with van der Waals surface area (Å²) in [5.41, 5.74) is 0. The lowest BCUT2D eigenvalue weighted by Crippen LogP contribution is -2.38. The van der Waals surface area contributed by atoms with Crippen molar-refractivity contribution in [2.75, 3.05) is 13.1 Å². The Balaban J connectivity index is 2.55. The van der Waals surface area contributed by atoms with Gasteiger partial charge in [0.1, 0.15) is 6.54 Å². The second-order valence-corrected chi connectivity index (χ2v) is 7.13. The minimum atomic E-state index is -3.84. The van der Waals surface area contributed by atoms with Gasteiger partial charge >= 0.3 is 5.97 Å². The molecule has 1 atom stereocenters. The molecule has 0 saturated carbocycles. The van der Waals surface area contributed by atoms with Gasteiger partial charge in [0, 0.05) is 11.0 Å². The van der Waals surface area contributed by atoms with Crippen molar-refractivity contribution in [2.24, 2.45) is 0 Å². The third-order valence-electron chi connectivity index (χ3n) is 2.61. The van der Waals surface area contributed by atoms with Crippen molar-refractivity contribution >= 4 is 37.8 Å². The molecule has 1 aromatic carbocycles. The van der Waals surface area contributed by atoms with E-state index in [1.54, 1.807) is 12.1 Å². The van der Waals surface area contributed by atoms with Crippen LogP contribution < -0.4 is 10.0 Å². The van der Waals surface area contributed by atoms with Gasteiger partial charge in [0.2, 0.25) is 10.0 Å².